The lowest BCUT2D eigenvalue weighted by Gasteiger charge is -2.17. The predicted octanol–water partition coefficient (Wildman–Crippen LogP) is 5.92. The molecule has 0 aliphatic heterocycles. The number of amides is 2. The summed E-state index contributed by atoms with van der Waals surface area (Å²) in [5, 5.41) is 5.83. The minimum Gasteiger partial charge on any atom is -0.492 e. The van der Waals surface area contributed by atoms with Gasteiger partial charge in [0.05, 0.1) is 29.5 Å². The van der Waals surface area contributed by atoms with Gasteiger partial charge in [0, 0.05) is 22.6 Å². The highest BCUT2D eigenvalue weighted by molar-refractivity contribution is 7.14. The van der Waals surface area contributed by atoms with E-state index in [0.717, 1.165) is 11.3 Å². The van der Waals surface area contributed by atoms with Crippen LogP contribution in [-0.4, -0.2) is 25.0 Å². The zero-order chi connectivity index (χ0) is 23.1. The van der Waals surface area contributed by atoms with Crippen molar-refractivity contribution < 1.29 is 19.1 Å². The number of hydrogen-bond acceptors (Lipinski definition) is 5. The molecule has 168 valence electrons. The van der Waals surface area contributed by atoms with Crippen LogP contribution < -0.4 is 20.1 Å². The molecule has 0 fully saturated rings. The Morgan fingerprint density at radius 2 is 1.41 bits per heavy atom. The summed E-state index contributed by atoms with van der Waals surface area (Å²) in [6.45, 7) is 8.61. The van der Waals surface area contributed by atoms with Crippen molar-refractivity contribution in [3.05, 3.63) is 69.4 Å². The first kappa shape index (κ1) is 23.3. The van der Waals surface area contributed by atoms with E-state index in [1.165, 1.54) is 16.9 Å². The second-order valence-corrected chi connectivity index (χ2v) is 8.29. The SMILES string of the molecule is CCOc1cc(NC(=O)c2cc(CC)c(C)s2)c(OCC)cc1NC(=O)c1ccccc1. The lowest BCUT2D eigenvalue weighted by atomic mass is 10.2. The molecule has 2 aromatic carbocycles. The molecule has 6 nitrogen and oxygen atoms in total. The highest BCUT2D eigenvalue weighted by Gasteiger charge is 2.19. The van der Waals surface area contributed by atoms with Crippen LogP contribution in [0.3, 0.4) is 0 Å². The Morgan fingerprint density at radius 3 is 1.91 bits per heavy atom. The Morgan fingerprint density at radius 1 is 0.844 bits per heavy atom. The average Bonchev–Trinajstić information content (AvgIpc) is 3.18. The van der Waals surface area contributed by atoms with Crippen molar-refractivity contribution in [2.24, 2.45) is 0 Å². The van der Waals surface area contributed by atoms with Crippen LogP contribution in [0.25, 0.3) is 0 Å². The first-order valence-electron chi connectivity index (χ1n) is 10.7. The number of nitrogens with one attached hydrogen (secondary N) is 2. The minimum atomic E-state index is -0.257. The second kappa shape index (κ2) is 10.8. The lowest BCUT2D eigenvalue weighted by Crippen LogP contribution is -2.15. The van der Waals surface area contributed by atoms with E-state index in [1.807, 2.05) is 32.9 Å². The van der Waals surface area contributed by atoms with Crippen molar-refractivity contribution in [3.8, 4) is 11.5 Å². The Labute approximate surface area is 192 Å². The Hall–Kier alpha value is -3.32. The molecular formula is C25H28N2O4S. The van der Waals surface area contributed by atoms with Crippen LogP contribution in [0.2, 0.25) is 0 Å². The number of anilines is 2. The van der Waals surface area contributed by atoms with Gasteiger partial charge in [-0.15, -0.1) is 11.3 Å². The fourth-order valence-corrected chi connectivity index (χ4v) is 4.26. The van der Waals surface area contributed by atoms with Crippen molar-refractivity contribution in [2.45, 2.75) is 34.1 Å². The van der Waals surface area contributed by atoms with Gasteiger partial charge in [0.2, 0.25) is 0 Å². The standard InChI is InChI=1S/C25H28N2O4S/c1-5-17-13-23(32-16(17)4)25(29)27-20-15-21(30-6-2)19(14-22(20)31-7-3)26-24(28)18-11-9-8-10-12-18/h8-15H,5-7H2,1-4H3,(H,26,28)(H,27,29). The van der Waals surface area contributed by atoms with E-state index in [1.54, 1.807) is 36.4 Å². The van der Waals surface area contributed by atoms with Crippen molar-refractivity contribution >= 4 is 34.5 Å². The third-order valence-corrected chi connectivity index (χ3v) is 5.93. The molecule has 3 aromatic rings. The molecule has 0 unspecified atom stereocenters. The van der Waals surface area contributed by atoms with Crippen LogP contribution in [0.15, 0.2) is 48.5 Å². The molecule has 0 saturated carbocycles. The number of carbonyl (C=O) groups excluding carboxylic acids is 2. The summed E-state index contributed by atoms with van der Waals surface area (Å²) in [4.78, 5) is 27.4. The van der Waals surface area contributed by atoms with E-state index in [9.17, 15) is 9.59 Å². The summed E-state index contributed by atoms with van der Waals surface area (Å²) < 4.78 is 11.5. The van der Waals surface area contributed by atoms with E-state index in [-0.39, 0.29) is 11.8 Å². The molecule has 2 amide bonds. The normalized spacial score (nSPS) is 10.5. The van der Waals surface area contributed by atoms with Gasteiger partial charge in [-0.05, 0) is 51.0 Å². The van der Waals surface area contributed by atoms with Crippen molar-refractivity contribution in [3.63, 3.8) is 0 Å². The van der Waals surface area contributed by atoms with Gasteiger partial charge in [0.15, 0.2) is 0 Å². The van der Waals surface area contributed by atoms with E-state index in [4.69, 9.17) is 9.47 Å². The molecule has 7 heteroatoms. The van der Waals surface area contributed by atoms with Crippen LogP contribution in [0.1, 0.15) is 51.2 Å². The molecule has 0 spiro atoms. The molecule has 0 radical (unpaired) electrons. The summed E-state index contributed by atoms with van der Waals surface area (Å²) in [5.41, 5.74) is 2.66. The third kappa shape index (κ3) is 5.48. The van der Waals surface area contributed by atoms with Crippen molar-refractivity contribution in [1.29, 1.82) is 0 Å². The predicted molar refractivity (Wildman–Crippen MR) is 130 cm³/mol. The van der Waals surface area contributed by atoms with Gasteiger partial charge in [0.25, 0.3) is 11.8 Å². The Balaban J connectivity index is 1.92. The minimum absolute atomic E-state index is 0.206. The molecule has 0 saturated heterocycles. The first-order chi connectivity index (χ1) is 15.5. The second-order valence-electron chi connectivity index (χ2n) is 7.03. The molecule has 1 aromatic heterocycles. The maximum absolute atomic E-state index is 12.9. The third-order valence-electron chi connectivity index (χ3n) is 4.84. The topological polar surface area (TPSA) is 76.7 Å². The summed E-state index contributed by atoms with van der Waals surface area (Å²) in [5.74, 6) is 0.443. The van der Waals surface area contributed by atoms with Gasteiger partial charge >= 0.3 is 0 Å². The smallest absolute Gasteiger partial charge is 0.265 e. The lowest BCUT2D eigenvalue weighted by molar-refractivity contribution is 0.101. The van der Waals surface area contributed by atoms with Gasteiger partial charge in [0.1, 0.15) is 11.5 Å². The van der Waals surface area contributed by atoms with Crippen LogP contribution in [-0.2, 0) is 6.42 Å². The zero-order valence-corrected chi connectivity index (χ0v) is 19.6. The Kier molecular flexibility index (Phi) is 7.89. The van der Waals surface area contributed by atoms with E-state index in [0.29, 0.717) is 46.5 Å². The molecule has 0 atom stereocenters. The summed E-state index contributed by atoms with van der Waals surface area (Å²) in [6.07, 6.45) is 0.879. The highest BCUT2D eigenvalue weighted by Crippen LogP contribution is 2.38. The summed E-state index contributed by atoms with van der Waals surface area (Å²) >= 11 is 1.47. The number of thiophene rings is 1. The van der Waals surface area contributed by atoms with Gasteiger partial charge in [-0.2, -0.15) is 0 Å². The molecule has 0 bridgehead atoms. The fourth-order valence-electron chi connectivity index (χ4n) is 3.26. The molecule has 32 heavy (non-hydrogen) atoms. The summed E-state index contributed by atoms with van der Waals surface area (Å²) in [7, 11) is 0. The van der Waals surface area contributed by atoms with Gasteiger partial charge in [-0.3, -0.25) is 9.59 Å². The number of hydrogen-bond donors (Lipinski definition) is 2. The van der Waals surface area contributed by atoms with Crippen molar-refractivity contribution in [2.75, 3.05) is 23.8 Å². The number of ether oxygens (including phenoxy) is 2. The summed E-state index contributed by atoms with van der Waals surface area (Å²) in [6, 6.07) is 14.2. The van der Waals surface area contributed by atoms with Gasteiger partial charge < -0.3 is 20.1 Å². The molecule has 2 N–H and O–H groups in total. The van der Waals surface area contributed by atoms with E-state index >= 15 is 0 Å². The van der Waals surface area contributed by atoms with E-state index < -0.39 is 0 Å². The fraction of sp³-hybridized carbons (Fsp3) is 0.280. The monoisotopic (exact) mass is 452 g/mol. The highest BCUT2D eigenvalue weighted by atomic mass is 32.1. The zero-order valence-electron chi connectivity index (χ0n) is 18.8. The first-order valence-corrected chi connectivity index (χ1v) is 11.5. The number of carbonyl (C=O) groups is 2. The molecular weight excluding hydrogens is 424 g/mol. The van der Waals surface area contributed by atoms with Crippen LogP contribution in [0, 0.1) is 6.92 Å². The maximum Gasteiger partial charge on any atom is 0.265 e. The van der Waals surface area contributed by atoms with Crippen LogP contribution in [0.4, 0.5) is 11.4 Å². The van der Waals surface area contributed by atoms with Crippen LogP contribution in [0.5, 0.6) is 11.5 Å². The van der Waals surface area contributed by atoms with Gasteiger partial charge in [-0.1, -0.05) is 25.1 Å². The number of aryl methyl sites for hydroxylation is 2. The Bertz CT molecular complexity index is 1090. The quantitative estimate of drug-likeness (QED) is 0.422. The van der Waals surface area contributed by atoms with E-state index in [2.05, 4.69) is 17.6 Å². The molecule has 0 aliphatic rings. The van der Waals surface area contributed by atoms with Gasteiger partial charge in [-0.25, -0.2) is 0 Å². The number of benzene rings is 2. The largest absolute Gasteiger partial charge is 0.492 e. The molecule has 1 heterocycles. The number of rotatable bonds is 9. The molecule has 3 rings (SSSR count). The maximum atomic E-state index is 12.9. The van der Waals surface area contributed by atoms with Crippen LogP contribution >= 0.6 is 11.3 Å². The van der Waals surface area contributed by atoms with Crippen molar-refractivity contribution in [1.82, 2.24) is 0 Å². The molecule has 0 aliphatic carbocycles. The average molecular weight is 453 g/mol.